The van der Waals surface area contributed by atoms with Crippen molar-refractivity contribution in [1.29, 1.82) is 0 Å². The largest absolute Gasteiger partial charge is 0.488 e. The first-order valence-electron chi connectivity index (χ1n) is 10.8. The standard InChI is InChI=1S/C27H31NOS/c1-18-15-22(27(3,4)5)19(2)14-21(18)24-16-25(26-23(28-24)12-9-13-30-26)29-17-20-10-7-6-8-11-20/h6-8,10-11,14-16H,9,12-13,17H2,1-5H3. The number of aryl methyl sites for hydroxylation is 3. The van der Waals surface area contributed by atoms with Gasteiger partial charge in [-0.05, 0) is 66.2 Å². The predicted octanol–water partition coefficient (Wildman–Crippen LogP) is 7.28. The molecule has 0 N–H and O–H groups in total. The van der Waals surface area contributed by atoms with Crippen molar-refractivity contribution in [3.63, 3.8) is 0 Å². The van der Waals surface area contributed by atoms with Crippen LogP contribution < -0.4 is 4.74 Å². The van der Waals surface area contributed by atoms with Crippen LogP contribution >= 0.6 is 11.8 Å². The van der Waals surface area contributed by atoms with Gasteiger partial charge in [0.25, 0.3) is 0 Å². The lowest BCUT2D eigenvalue weighted by Crippen LogP contribution is -2.14. The van der Waals surface area contributed by atoms with E-state index in [1.165, 1.54) is 44.8 Å². The molecule has 2 aromatic carbocycles. The average molecular weight is 418 g/mol. The molecule has 1 aliphatic rings. The first kappa shape index (κ1) is 21.0. The Hall–Kier alpha value is -2.26. The second-order valence-electron chi connectivity index (χ2n) is 9.24. The highest BCUT2D eigenvalue weighted by atomic mass is 32.2. The molecular weight excluding hydrogens is 386 g/mol. The van der Waals surface area contributed by atoms with Crippen LogP contribution in [0.1, 0.15) is 55.1 Å². The van der Waals surface area contributed by atoms with Gasteiger partial charge in [0, 0.05) is 11.6 Å². The maximum absolute atomic E-state index is 6.34. The monoisotopic (exact) mass is 417 g/mol. The Morgan fingerprint density at radius 2 is 1.77 bits per heavy atom. The van der Waals surface area contributed by atoms with Crippen LogP contribution in [0.5, 0.6) is 5.75 Å². The number of pyridine rings is 1. The van der Waals surface area contributed by atoms with Gasteiger partial charge in [-0.3, -0.25) is 4.98 Å². The van der Waals surface area contributed by atoms with Gasteiger partial charge in [-0.1, -0.05) is 57.2 Å². The van der Waals surface area contributed by atoms with Gasteiger partial charge in [0.05, 0.1) is 16.3 Å². The van der Waals surface area contributed by atoms with Crippen molar-refractivity contribution < 1.29 is 4.74 Å². The van der Waals surface area contributed by atoms with Crippen molar-refractivity contribution in [1.82, 2.24) is 4.98 Å². The highest BCUT2D eigenvalue weighted by molar-refractivity contribution is 7.99. The smallest absolute Gasteiger partial charge is 0.137 e. The number of hydrogen-bond donors (Lipinski definition) is 0. The Kier molecular flexibility index (Phi) is 5.92. The van der Waals surface area contributed by atoms with Crippen molar-refractivity contribution in [2.45, 2.75) is 64.4 Å². The van der Waals surface area contributed by atoms with Crippen LogP contribution in [0.4, 0.5) is 0 Å². The molecule has 0 unspecified atom stereocenters. The highest BCUT2D eigenvalue weighted by Crippen LogP contribution is 2.40. The molecule has 30 heavy (non-hydrogen) atoms. The zero-order valence-corrected chi connectivity index (χ0v) is 19.5. The van der Waals surface area contributed by atoms with Gasteiger partial charge in [-0.25, -0.2) is 0 Å². The summed E-state index contributed by atoms with van der Waals surface area (Å²) in [6.07, 6.45) is 2.20. The zero-order valence-electron chi connectivity index (χ0n) is 18.7. The van der Waals surface area contributed by atoms with Crippen LogP contribution in [-0.4, -0.2) is 10.7 Å². The van der Waals surface area contributed by atoms with E-state index in [9.17, 15) is 0 Å². The molecule has 0 bridgehead atoms. The molecule has 0 saturated carbocycles. The van der Waals surface area contributed by atoms with E-state index in [4.69, 9.17) is 9.72 Å². The molecule has 1 aliphatic heterocycles. The van der Waals surface area contributed by atoms with Crippen molar-refractivity contribution in [2.75, 3.05) is 5.75 Å². The van der Waals surface area contributed by atoms with Gasteiger partial charge in [-0.15, -0.1) is 11.8 Å². The van der Waals surface area contributed by atoms with Gasteiger partial charge < -0.3 is 4.74 Å². The van der Waals surface area contributed by atoms with Gasteiger partial charge >= 0.3 is 0 Å². The third-order valence-electron chi connectivity index (χ3n) is 5.71. The zero-order chi connectivity index (χ0) is 21.3. The van der Waals surface area contributed by atoms with Crippen molar-refractivity contribution in [3.8, 4) is 17.0 Å². The minimum absolute atomic E-state index is 0.136. The molecule has 1 aromatic heterocycles. The summed E-state index contributed by atoms with van der Waals surface area (Å²) < 4.78 is 6.34. The third-order valence-corrected chi connectivity index (χ3v) is 6.92. The predicted molar refractivity (Wildman–Crippen MR) is 128 cm³/mol. The minimum atomic E-state index is 0.136. The summed E-state index contributed by atoms with van der Waals surface area (Å²) in [5.41, 5.74) is 8.74. The summed E-state index contributed by atoms with van der Waals surface area (Å²) in [6.45, 7) is 11.8. The molecule has 0 saturated heterocycles. The number of thioether (sulfide) groups is 1. The number of ether oxygens (including phenoxy) is 1. The summed E-state index contributed by atoms with van der Waals surface area (Å²) in [6, 6.07) is 17.2. The first-order chi connectivity index (χ1) is 14.3. The average Bonchev–Trinajstić information content (AvgIpc) is 2.73. The fraction of sp³-hybridized carbons (Fsp3) is 0.370. The van der Waals surface area contributed by atoms with Crippen LogP contribution in [0.25, 0.3) is 11.3 Å². The maximum atomic E-state index is 6.34. The van der Waals surface area contributed by atoms with Crippen molar-refractivity contribution >= 4 is 11.8 Å². The SMILES string of the molecule is Cc1cc(C(C)(C)C)c(C)cc1-c1cc(OCc2ccccc2)c2c(n1)CCCS2. The molecule has 0 aliphatic carbocycles. The first-order valence-corrected chi connectivity index (χ1v) is 11.8. The maximum Gasteiger partial charge on any atom is 0.137 e. The molecule has 0 fully saturated rings. The summed E-state index contributed by atoms with van der Waals surface area (Å²) in [5.74, 6) is 2.11. The van der Waals surface area contributed by atoms with E-state index in [2.05, 4.69) is 77.1 Å². The summed E-state index contributed by atoms with van der Waals surface area (Å²) in [4.78, 5) is 6.32. The molecule has 0 spiro atoms. The van der Waals surface area contributed by atoms with Crippen LogP contribution in [0, 0.1) is 13.8 Å². The summed E-state index contributed by atoms with van der Waals surface area (Å²) in [5, 5.41) is 0. The fourth-order valence-electron chi connectivity index (χ4n) is 4.18. The molecule has 0 atom stereocenters. The van der Waals surface area contributed by atoms with Crippen molar-refractivity contribution in [3.05, 3.63) is 76.5 Å². The van der Waals surface area contributed by atoms with Crippen molar-refractivity contribution in [2.24, 2.45) is 0 Å². The fourth-order valence-corrected chi connectivity index (χ4v) is 5.25. The normalized spacial score (nSPS) is 13.8. The van der Waals surface area contributed by atoms with Crippen LogP contribution in [0.2, 0.25) is 0 Å². The molecule has 3 heteroatoms. The molecule has 3 aromatic rings. The molecule has 0 amide bonds. The Morgan fingerprint density at radius 1 is 1.00 bits per heavy atom. The molecule has 156 valence electrons. The van der Waals surface area contributed by atoms with Crippen LogP contribution in [0.3, 0.4) is 0 Å². The third kappa shape index (κ3) is 4.41. The quantitative estimate of drug-likeness (QED) is 0.445. The highest BCUT2D eigenvalue weighted by Gasteiger charge is 2.22. The molecular formula is C27H31NOS. The van der Waals surface area contributed by atoms with E-state index in [0.717, 1.165) is 23.6 Å². The lowest BCUT2D eigenvalue weighted by atomic mass is 9.82. The number of nitrogens with zero attached hydrogens (tertiary/aromatic N) is 1. The minimum Gasteiger partial charge on any atom is -0.488 e. The number of aromatic nitrogens is 1. The second-order valence-corrected chi connectivity index (χ2v) is 10.3. The van der Waals surface area contributed by atoms with E-state index in [1.54, 1.807) is 0 Å². The topological polar surface area (TPSA) is 22.1 Å². The molecule has 2 heterocycles. The number of benzene rings is 2. The van der Waals surface area contributed by atoms with E-state index >= 15 is 0 Å². The lowest BCUT2D eigenvalue weighted by Gasteiger charge is -2.24. The number of fused-ring (bicyclic) bond motifs is 1. The summed E-state index contributed by atoms with van der Waals surface area (Å²) in [7, 11) is 0. The van der Waals surface area contributed by atoms with E-state index in [-0.39, 0.29) is 5.41 Å². The van der Waals surface area contributed by atoms with Crippen LogP contribution in [0.15, 0.2) is 53.4 Å². The Labute approximate surface area is 185 Å². The summed E-state index contributed by atoms with van der Waals surface area (Å²) >= 11 is 1.88. The molecule has 0 radical (unpaired) electrons. The van der Waals surface area contributed by atoms with Gasteiger partial charge in [0.2, 0.25) is 0 Å². The van der Waals surface area contributed by atoms with E-state index in [1.807, 2.05) is 17.8 Å². The number of rotatable bonds is 4. The Bertz CT molecular complexity index is 1050. The van der Waals surface area contributed by atoms with Crippen LogP contribution in [-0.2, 0) is 18.4 Å². The van der Waals surface area contributed by atoms with Gasteiger partial charge in [-0.2, -0.15) is 0 Å². The molecule has 2 nitrogen and oxygen atoms in total. The lowest BCUT2D eigenvalue weighted by molar-refractivity contribution is 0.297. The number of hydrogen-bond acceptors (Lipinski definition) is 3. The Balaban J connectivity index is 1.75. The van der Waals surface area contributed by atoms with E-state index < -0.39 is 0 Å². The second kappa shape index (κ2) is 8.47. The van der Waals surface area contributed by atoms with Gasteiger partial charge in [0.1, 0.15) is 12.4 Å². The Morgan fingerprint density at radius 3 is 2.50 bits per heavy atom. The van der Waals surface area contributed by atoms with E-state index in [0.29, 0.717) is 6.61 Å². The van der Waals surface area contributed by atoms with Gasteiger partial charge in [0.15, 0.2) is 0 Å². The molecule has 4 rings (SSSR count).